The first-order chi connectivity index (χ1) is 36.7. The zero-order chi connectivity index (χ0) is 49.0. The Morgan fingerprint density at radius 3 is 1.27 bits per heavy atom. The van der Waals surface area contributed by atoms with Gasteiger partial charge >= 0.3 is 0 Å². The molecule has 0 saturated carbocycles. The summed E-state index contributed by atoms with van der Waals surface area (Å²) in [4.78, 5) is 4.94. The van der Waals surface area contributed by atoms with Gasteiger partial charge in [0.25, 0.3) is 0 Å². The smallest absolute Gasteiger partial charge is 0.0642 e. The molecule has 0 N–H and O–H groups in total. The molecule has 4 nitrogen and oxygen atoms in total. The molecule has 74 heavy (non-hydrogen) atoms. The van der Waals surface area contributed by atoms with Gasteiger partial charge in [-0.05, 0) is 121 Å². The van der Waals surface area contributed by atoms with E-state index in [0.717, 1.165) is 59.8 Å². The first-order valence-corrected chi connectivity index (χ1v) is 26.4. The van der Waals surface area contributed by atoms with Crippen molar-refractivity contribution in [1.82, 2.24) is 8.80 Å². The van der Waals surface area contributed by atoms with Crippen molar-refractivity contribution in [3.05, 3.63) is 247 Å². The Morgan fingerprint density at radius 2 is 0.797 bits per heavy atom. The molecule has 1 aliphatic rings. The van der Waals surface area contributed by atoms with E-state index in [1.807, 2.05) is 0 Å². The van der Waals surface area contributed by atoms with Crippen molar-refractivity contribution < 1.29 is 0 Å². The van der Waals surface area contributed by atoms with E-state index in [2.05, 4.69) is 263 Å². The van der Waals surface area contributed by atoms with Gasteiger partial charge in [0.2, 0.25) is 0 Å². The molecule has 15 rings (SSSR count). The number of hydrogen-bond acceptors (Lipinski definition) is 2. The molecule has 1 aliphatic carbocycles. The van der Waals surface area contributed by atoms with Crippen molar-refractivity contribution in [1.29, 1.82) is 0 Å². The monoisotopic (exact) mass is 948 g/mol. The number of anilines is 6. The number of allylic oxidation sites excluding steroid dienone is 4. The second-order valence-corrected chi connectivity index (χ2v) is 20.0. The van der Waals surface area contributed by atoms with Crippen molar-refractivity contribution in [3.8, 4) is 11.1 Å². The molecule has 4 aromatic heterocycles. The molecular formula is C70H52N4. The quantitative estimate of drug-likeness (QED) is 0.136. The molecule has 0 radical (unpaired) electrons. The number of para-hydroxylation sites is 4. The minimum absolute atomic E-state index is 0.990. The fourth-order valence-corrected chi connectivity index (χ4v) is 12.8. The number of aromatic nitrogens is 2. The molecule has 0 amide bonds. The van der Waals surface area contributed by atoms with Gasteiger partial charge in [0.05, 0.1) is 44.5 Å². The van der Waals surface area contributed by atoms with Crippen LogP contribution in [-0.4, -0.2) is 8.80 Å². The number of benzene rings is 10. The number of nitrogens with zero attached hydrogens (tertiary/aromatic N) is 4. The zero-order valence-electron chi connectivity index (χ0n) is 41.6. The summed E-state index contributed by atoms with van der Waals surface area (Å²) in [7, 11) is 0. The van der Waals surface area contributed by atoms with E-state index in [9.17, 15) is 0 Å². The van der Waals surface area contributed by atoms with Crippen molar-refractivity contribution in [2.45, 2.75) is 39.5 Å². The molecule has 10 aromatic carbocycles. The second kappa shape index (κ2) is 16.7. The standard InChI is InChI=1S/C70H52N4/c1-3-45-33-37-51(38-34-45)71(49-25-13-7-14-26-49)59-43-41-55-65-61(47-21-9-5-10-22-47)70-66(62(48-23-11-6-12-24-48)69(65)73-57-31-19-17-29-53(57)63(59)67(55)73)56-42-44-60(64-54-30-18-20-32-58(54)74(70)68(56)64)72(50-27-15-8-16-28-50)52-39-35-46(4-2)36-40-52/h5,7-11,13-44H,3-4,6,12H2,1-2H3. The van der Waals surface area contributed by atoms with Gasteiger partial charge in [-0.1, -0.05) is 172 Å². The molecule has 0 fully saturated rings. The predicted molar refractivity (Wildman–Crippen MR) is 316 cm³/mol. The Labute approximate surface area is 430 Å². The number of rotatable bonds is 10. The molecule has 14 aromatic rings. The molecule has 0 atom stereocenters. The molecule has 4 heteroatoms. The van der Waals surface area contributed by atoms with Crippen LogP contribution in [0.1, 0.15) is 43.4 Å². The van der Waals surface area contributed by atoms with E-state index in [0.29, 0.717) is 0 Å². The molecule has 0 unspecified atom stereocenters. The maximum Gasteiger partial charge on any atom is 0.0642 e. The number of fused-ring (bicyclic) bond motifs is 12. The fourth-order valence-electron chi connectivity index (χ4n) is 12.8. The Balaban J connectivity index is 1.15. The highest BCUT2D eigenvalue weighted by atomic mass is 15.2. The van der Waals surface area contributed by atoms with Gasteiger partial charge in [-0.3, -0.25) is 0 Å². The third-order valence-corrected chi connectivity index (χ3v) is 16.1. The first kappa shape index (κ1) is 42.6. The second-order valence-electron chi connectivity index (χ2n) is 20.0. The maximum absolute atomic E-state index is 2.65. The molecule has 0 spiro atoms. The summed E-state index contributed by atoms with van der Waals surface area (Å²) in [6.07, 6.45) is 11.3. The predicted octanol–water partition coefficient (Wildman–Crippen LogP) is 19.5. The Morgan fingerprint density at radius 1 is 0.365 bits per heavy atom. The van der Waals surface area contributed by atoms with E-state index in [1.165, 1.54) is 110 Å². The Bertz CT molecular complexity index is 4420. The van der Waals surface area contributed by atoms with E-state index >= 15 is 0 Å². The molecule has 0 bridgehead atoms. The maximum atomic E-state index is 2.65. The van der Waals surface area contributed by atoms with Gasteiger partial charge in [-0.2, -0.15) is 0 Å². The van der Waals surface area contributed by atoms with Crippen molar-refractivity contribution in [2.24, 2.45) is 0 Å². The number of aryl methyl sites for hydroxylation is 2. The summed E-state index contributed by atoms with van der Waals surface area (Å²) in [5.41, 5.74) is 22.0. The van der Waals surface area contributed by atoms with Gasteiger partial charge in [0.1, 0.15) is 0 Å². The van der Waals surface area contributed by atoms with Crippen LogP contribution in [0, 0.1) is 0 Å². The summed E-state index contributed by atoms with van der Waals surface area (Å²) >= 11 is 0. The van der Waals surface area contributed by atoms with Gasteiger partial charge in [0.15, 0.2) is 0 Å². The average Bonchev–Trinajstić information content (AvgIpc) is 4.30. The minimum Gasteiger partial charge on any atom is -0.310 e. The number of hydrogen-bond donors (Lipinski definition) is 0. The molecular weight excluding hydrogens is 897 g/mol. The summed E-state index contributed by atoms with van der Waals surface area (Å²) in [6, 6.07) is 79.3. The van der Waals surface area contributed by atoms with Crippen molar-refractivity contribution >= 4 is 116 Å². The van der Waals surface area contributed by atoms with Crippen LogP contribution in [0.15, 0.2) is 231 Å². The van der Waals surface area contributed by atoms with Crippen LogP contribution in [0.5, 0.6) is 0 Å². The van der Waals surface area contributed by atoms with E-state index in [1.54, 1.807) is 0 Å². The van der Waals surface area contributed by atoms with Gasteiger partial charge < -0.3 is 18.6 Å². The minimum atomic E-state index is 0.990. The van der Waals surface area contributed by atoms with Crippen LogP contribution < -0.4 is 9.80 Å². The summed E-state index contributed by atoms with van der Waals surface area (Å²) in [5.74, 6) is 0. The molecule has 352 valence electrons. The highest BCUT2D eigenvalue weighted by Gasteiger charge is 2.33. The lowest BCUT2D eigenvalue weighted by Crippen LogP contribution is -2.10. The van der Waals surface area contributed by atoms with Crippen LogP contribution in [0.2, 0.25) is 0 Å². The first-order valence-electron chi connectivity index (χ1n) is 26.4. The van der Waals surface area contributed by atoms with Crippen LogP contribution in [-0.2, 0) is 12.8 Å². The van der Waals surface area contributed by atoms with Crippen LogP contribution in [0.25, 0.3) is 92.9 Å². The lowest BCUT2D eigenvalue weighted by Gasteiger charge is -2.26. The zero-order valence-corrected chi connectivity index (χ0v) is 41.6. The SMILES string of the molecule is CCc1ccc(N(c2ccccc2)c2ccc3c4c(-c5ccccc5)c5c(c(C6=CCCC=C6)c4n4c6ccccc6c2c34)c2ccc(N(c3ccccc3)c3ccc(CC)cc3)c3c4ccccc4n5c23)cc1. The van der Waals surface area contributed by atoms with Gasteiger partial charge in [0, 0.05) is 77.0 Å². The summed E-state index contributed by atoms with van der Waals surface area (Å²) < 4.78 is 5.30. The Kier molecular flexibility index (Phi) is 9.62. The lowest BCUT2D eigenvalue weighted by molar-refractivity contribution is 1.04. The van der Waals surface area contributed by atoms with Crippen LogP contribution >= 0.6 is 0 Å². The summed E-state index contributed by atoms with van der Waals surface area (Å²) in [5, 5.41) is 10.1. The molecule has 4 heterocycles. The van der Waals surface area contributed by atoms with E-state index < -0.39 is 0 Å². The van der Waals surface area contributed by atoms with Crippen molar-refractivity contribution in [3.63, 3.8) is 0 Å². The van der Waals surface area contributed by atoms with Crippen molar-refractivity contribution in [2.75, 3.05) is 9.80 Å². The third kappa shape index (κ3) is 6.09. The third-order valence-electron chi connectivity index (χ3n) is 16.1. The van der Waals surface area contributed by atoms with Gasteiger partial charge in [-0.15, -0.1) is 0 Å². The van der Waals surface area contributed by atoms with E-state index in [4.69, 9.17) is 0 Å². The topological polar surface area (TPSA) is 15.3 Å². The average molecular weight is 949 g/mol. The van der Waals surface area contributed by atoms with Crippen LogP contribution in [0.4, 0.5) is 34.1 Å². The lowest BCUT2D eigenvalue weighted by atomic mass is 9.87. The van der Waals surface area contributed by atoms with Crippen LogP contribution in [0.3, 0.4) is 0 Å². The normalized spacial score (nSPS) is 13.0. The Hall–Kier alpha value is -9.12. The largest absolute Gasteiger partial charge is 0.310 e. The van der Waals surface area contributed by atoms with Gasteiger partial charge in [-0.25, -0.2) is 0 Å². The van der Waals surface area contributed by atoms with E-state index in [-0.39, 0.29) is 0 Å². The molecule has 0 saturated heterocycles. The summed E-state index contributed by atoms with van der Waals surface area (Å²) in [6.45, 7) is 4.46. The fraction of sp³-hybridized carbons (Fsp3) is 0.0857. The molecule has 0 aliphatic heterocycles. The highest BCUT2D eigenvalue weighted by molar-refractivity contribution is 6.38. The highest BCUT2D eigenvalue weighted by Crippen LogP contribution is 2.56.